The Morgan fingerprint density at radius 3 is 2.52 bits per heavy atom. The predicted molar refractivity (Wildman–Crippen MR) is 102 cm³/mol. The first kappa shape index (κ1) is 16.3. The average molecular weight is 483 g/mol. The van der Waals surface area contributed by atoms with Crippen molar-refractivity contribution in [3.05, 3.63) is 68.2 Å². The van der Waals surface area contributed by atoms with Crippen LogP contribution in [0.25, 0.3) is 10.8 Å². The van der Waals surface area contributed by atoms with Crippen molar-refractivity contribution in [2.75, 3.05) is 7.11 Å². The third-order valence-electron chi connectivity index (χ3n) is 3.42. The minimum atomic E-state index is -0.401. The van der Waals surface area contributed by atoms with E-state index in [0.717, 1.165) is 24.6 Å². The molecule has 0 saturated carbocycles. The fourth-order valence-electron chi connectivity index (χ4n) is 2.24. The molecule has 0 aliphatic rings. The van der Waals surface area contributed by atoms with Gasteiger partial charge in [-0.1, -0.05) is 30.3 Å². The lowest BCUT2D eigenvalue weighted by Gasteiger charge is -2.10. The monoisotopic (exact) mass is 482 g/mol. The van der Waals surface area contributed by atoms with Crippen LogP contribution in [0.5, 0.6) is 11.5 Å². The zero-order chi connectivity index (χ0) is 16.4. The standard InChI is InChI=1S/C18H12BrIO3/c1-22-15-8-7-12(10-14(15)20)18(21)23-16-9-6-11-4-2-3-5-13(11)17(16)19/h2-10H,1H3. The molecule has 0 amide bonds. The van der Waals surface area contributed by atoms with E-state index in [4.69, 9.17) is 9.47 Å². The van der Waals surface area contributed by atoms with Crippen LogP contribution in [0.1, 0.15) is 10.4 Å². The summed E-state index contributed by atoms with van der Waals surface area (Å²) in [4.78, 5) is 12.4. The van der Waals surface area contributed by atoms with Crippen molar-refractivity contribution in [3.8, 4) is 11.5 Å². The summed E-state index contributed by atoms with van der Waals surface area (Å²) in [7, 11) is 1.60. The molecule has 116 valence electrons. The van der Waals surface area contributed by atoms with Crippen molar-refractivity contribution in [3.63, 3.8) is 0 Å². The van der Waals surface area contributed by atoms with Gasteiger partial charge in [-0.15, -0.1) is 0 Å². The van der Waals surface area contributed by atoms with Crippen LogP contribution in [0, 0.1) is 3.57 Å². The topological polar surface area (TPSA) is 35.5 Å². The Morgan fingerprint density at radius 1 is 1.04 bits per heavy atom. The molecule has 0 aliphatic heterocycles. The summed E-state index contributed by atoms with van der Waals surface area (Å²) in [5.74, 6) is 0.829. The van der Waals surface area contributed by atoms with E-state index in [1.807, 2.05) is 30.3 Å². The fourth-order valence-corrected chi connectivity index (χ4v) is 3.55. The first-order valence-electron chi connectivity index (χ1n) is 6.83. The molecule has 3 aromatic rings. The number of halogens is 2. The SMILES string of the molecule is COc1ccc(C(=O)Oc2ccc3ccccc3c2Br)cc1I. The molecular formula is C18H12BrIO3. The minimum Gasteiger partial charge on any atom is -0.496 e. The molecule has 3 rings (SSSR count). The number of ether oxygens (including phenoxy) is 2. The van der Waals surface area contributed by atoms with E-state index in [0.29, 0.717) is 11.3 Å². The Morgan fingerprint density at radius 2 is 1.78 bits per heavy atom. The number of methoxy groups -OCH3 is 1. The van der Waals surface area contributed by atoms with Gasteiger partial charge in [-0.3, -0.25) is 0 Å². The summed E-state index contributed by atoms with van der Waals surface area (Å²) >= 11 is 5.65. The molecule has 23 heavy (non-hydrogen) atoms. The summed E-state index contributed by atoms with van der Waals surface area (Å²) in [6.07, 6.45) is 0. The van der Waals surface area contributed by atoms with Gasteiger partial charge in [0.2, 0.25) is 0 Å². The summed E-state index contributed by atoms with van der Waals surface area (Å²) in [6.45, 7) is 0. The molecule has 0 heterocycles. The second kappa shape index (κ2) is 6.88. The summed E-state index contributed by atoms with van der Waals surface area (Å²) in [5, 5.41) is 2.08. The lowest BCUT2D eigenvalue weighted by molar-refractivity contribution is 0.0733. The van der Waals surface area contributed by atoms with Gasteiger partial charge in [-0.2, -0.15) is 0 Å². The smallest absolute Gasteiger partial charge is 0.343 e. The lowest BCUT2D eigenvalue weighted by atomic mass is 10.1. The molecule has 0 spiro atoms. The average Bonchev–Trinajstić information content (AvgIpc) is 2.57. The summed E-state index contributed by atoms with van der Waals surface area (Å²) in [6, 6.07) is 16.8. The highest BCUT2D eigenvalue weighted by Gasteiger charge is 2.14. The van der Waals surface area contributed by atoms with Crippen LogP contribution in [0.2, 0.25) is 0 Å². The highest BCUT2D eigenvalue weighted by molar-refractivity contribution is 14.1. The molecule has 0 aromatic heterocycles. The lowest BCUT2D eigenvalue weighted by Crippen LogP contribution is -2.09. The Balaban J connectivity index is 1.91. The van der Waals surface area contributed by atoms with Crippen molar-refractivity contribution < 1.29 is 14.3 Å². The van der Waals surface area contributed by atoms with E-state index in [2.05, 4.69) is 38.5 Å². The quantitative estimate of drug-likeness (QED) is 0.283. The first-order chi connectivity index (χ1) is 11.1. The van der Waals surface area contributed by atoms with Crippen LogP contribution in [-0.2, 0) is 0 Å². The molecular weight excluding hydrogens is 471 g/mol. The van der Waals surface area contributed by atoms with Gasteiger partial charge in [0.15, 0.2) is 0 Å². The number of fused-ring (bicyclic) bond motifs is 1. The molecule has 0 unspecified atom stereocenters. The van der Waals surface area contributed by atoms with Crippen LogP contribution < -0.4 is 9.47 Å². The summed E-state index contributed by atoms with van der Waals surface area (Å²) < 4.78 is 12.4. The normalized spacial score (nSPS) is 10.6. The largest absolute Gasteiger partial charge is 0.496 e. The molecule has 0 fully saturated rings. The second-order valence-corrected chi connectivity index (χ2v) is 6.79. The van der Waals surface area contributed by atoms with E-state index in [1.165, 1.54) is 0 Å². The number of hydrogen-bond acceptors (Lipinski definition) is 3. The Bertz CT molecular complexity index is 893. The molecule has 0 radical (unpaired) electrons. The van der Waals surface area contributed by atoms with Gasteiger partial charge in [0.05, 0.1) is 20.7 Å². The van der Waals surface area contributed by atoms with Crippen molar-refractivity contribution in [1.82, 2.24) is 0 Å². The van der Waals surface area contributed by atoms with Gasteiger partial charge in [-0.25, -0.2) is 4.79 Å². The molecule has 0 N–H and O–H groups in total. The van der Waals surface area contributed by atoms with Gasteiger partial charge in [0.1, 0.15) is 11.5 Å². The van der Waals surface area contributed by atoms with Gasteiger partial charge in [0.25, 0.3) is 0 Å². The molecule has 3 nitrogen and oxygen atoms in total. The maximum Gasteiger partial charge on any atom is 0.343 e. The number of rotatable bonds is 3. The van der Waals surface area contributed by atoms with Crippen molar-refractivity contribution in [2.45, 2.75) is 0 Å². The Kier molecular flexibility index (Phi) is 4.87. The first-order valence-corrected chi connectivity index (χ1v) is 8.70. The van der Waals surface area contributed by atoms with Gasteiger partial charge < -0.3 is 9.47 Å². The van der Waals surface area contributed by atoms with Crippen LogP contribution in [0.15, 0.2) is 59.1 Å². The highest BCUT2D eigenvalue weighted by atomic mass is 127. The molecule has 0 aliphatic carbocycles. The van der Waals surface area contributed by atoms with Crippen molar-refractivity contribution >= 4 is 55.3 Å². The molecule has 5 heteroatoms. The molecule has 3 aromatic carbocycles. The number of esters is 1. The fraction of sp³-hybridized carbons (Fsp3) is 0.0556. The summed E-state index contributed by atoms with van der Waals surface area (Å²) in [5.41, 5.74) is 0.482. The maximum absolute atomic E-state index is 12.4. The number of carbonyl (C=O) groups is 1. The van der Waals surface area contributed by atoms with Crippen LogP contribution >= 0.6 is 38.5 Å². The van der Waals surface area contributed by atoms with Gasteiger partial charge in [-0.05, 0) is 73.6 Å². The van der Waals surface area contributed by atoms with Gasteiger partial charge >= 0.3 is 5.97 Å². The predicted octanol–water partition coefficient (Wildman–Crippen LogP) is 5.43. The van der Waals surface area contributed by atoms with Crippen molar-refractivity contribution in [1.29, 1.82) is 0 Å². The van der Waals surface area contributed by atoms with Gasteiger partial charge in [0, 0.05) is 0 Å². The molecule has 0 saturated heterocycles. The van der Waals surface area contributed by atoms with E-state index in [9.17, 15) is 4.79 Å². The third kappa shape index (κ3) is 3.35. The zero-order valence-electron chi connectivity index (χ0n) is 12.2. The van der Waals surface area contributed by atoms with E-state index in [-0.39, 0.29) is 0 Å². The second-order valence-electron chi connectivity index (χ2n) is 4.84. The van der Waals surface area contributed by atoms with Crippen LogP contribution in [-0.4, -0.2) is 13.1 Å². The number of hydrogen-bond donors (Lipinski definition) is 0. The number of carbonyl (C=O) groups excluding carboxylic acids is 1. The van der Waals surface area contributed by atoms with E-state index >= 15 is 0 Å². The Labute approximate surface area is 155 Å². The minimum absolute atomic E-state index is 0.401. The maximum atomic E-state index is 12.4. The Hall–Kier alpha value is -1.60. The highest BCUT2D eigenvalue weighted by Crippen LogP contribution is 2.33. The molecule has 0 bridgehead atoms. The van der Waals surface area contributed by atoms with Crippen molar-refractivity contribution in [2.24, 2.45) is 0 Å². The number of benzene rings is 3. The third-order valence-corrected chi connectivity index (χ3v) is 5.08. The van der Waals surface area contributed by atoms with Crippen LogP contribution in [0.4, 0.5) is 0 Å². The zero-order valence-corrected chi connectivity index (χ0v) is 15.9. The van der Waals surface area contributed by atoms with E-state index in [1.54, 1.807) is 31.4 Å². The molecule has 0 atom stereocenters. The van der Waals surface area contributed by atoms with E-state index < -0.39 is 5.97 Å². The van der Waals surface area contributed by atoms with Crippen LogP contribution in [0.3, 0.4) is 0 Å².